The summed E-state index contributed by atoms with van der Waals surface area (Å²) in [6.07, 6.45) is 0.666. The molecule has 7 heteroatoms. The number of Topliss-reactive ketones (excluding diaryl/α,β-unsaturated/α-hetero) is 1. The van der Waals surface area contributed by atoms with Crippen molar-refractivity contribution in [2.45, 2.75) is 27.2 Å². The van der Waals surface area contributed by atoms with Crippen LogP contribution in [-0.2, 0) is 11.2 Å². The van der Waals surface area contributed by atoms with Crippen molar-refractivity contribution in [2.75, 3.05) is 42.6 Å². The van der Waals surface area contributed by atoms with Crippen LogP contribution >= 0.6 is 11.6 Å². The molecule has 1 fully saturated rings. The third-order valence-electron chi connectivity index (χ3n) is 5.92. The largest absolute Gasteiger partial charge is 0.470 e. The van der Waals surface area contributed by atoms with Gasteiger partial charge in [0.1, 0.15) is 6.61 Å². The first-order valence-electron chi connectivity index (χ1n) is 11.6. The monoisotopic (exact) mass is 478 g/mol. The van der Waals surface area contributed by atoms with Crippen LogP contribution in [0.5, 0.6) is 5.88 Å². The van der Waals surface area contributed by atoms with Crippen LogP contribution in [0.3, 0.4) is 0 Å². The second kappa shape index (κ2) is 10.4. The van der Waals surface area contributed by atoms with E-state index >= 15 is 0 Å². The standard InChI is InChI=1S/C27H31ClN4O2/c1-27(2,3)24(33)19-34-25-18-21(17-20-9-5-4-6-10-20)29-26(30-25)32-15-13-31(14-16-32)23-12-8-7-11-22(23)28/h4-12,18H,13-17,19H2,1-3H3. The fourth-order valence-electron chi connectivity index (χ4n) is 3.78. The summed E-state index contributed by atoms with van der Waals surface area (Å²) in [5.74, 6) is 1.10. The van der Waals surface area contributed by atoms with Gasteiger partial charge in [-0.05, 0) is 17.7 Å². The molecule has 2 aromatic carbocycles. The molecule has 4 rings (SSSR count). The summed E-state index contributed by atoms with van der Waals surface area (Å²) in [4.78, 5) is 26.4. The molecule has 0 amide bonds. The zero-order valence-electron chi connectivity index (χ0n) is 20.0. The van der Waals surface area contributed by atoms with Crippen molar-refractivity contribution < 1.29 is 9.53 Å². The molecule has 178 valence electrons. The van der Waals surface area contributed by atoms with Gasteiger partial charge in [0.2, 0.25) is 11.8 Å². The van der Waals surface area contributed by atoms with Gasteiger partial charge in [-0.3, -0.25) is 4.79 Å². The number of anilines is 2. The molecule has 1 saturated heterocycles. The van der Waals surface area contributed by atoms with Gasteiger partial charge in [-0.15, -0.1) is 0 Å². The van der Waals surface area contributed by atoms with E-state index in [-0.39, 0.29) is 12.4 Å². The van der Waals surface area contributed by atoms with E-state index in [1.807, 2.05) is 69.3 Å². The van der Waals surface area contributed by atoms with Gasteiger partial charge in [-0.1, -0.05) is 74.8 Å². The average Bonchev–Trinajstić information content (AvgIpc) is 2.83. The van der Waals surface area contributed by atoms with Crippen molar-refractivity contribution in [2.24, 2.45) is 5.41 Å². The molecule has 0 radical (unpaired) electrons. The zero-order valence-corrected chi connectivity index (χ0v) is 20.8. The number of hydrogen-bond donors (Lipinski definition) is 0. The summed E-state index contributed by atoms with van der Waals surface area (Å²) in [5.41, 5.74) is 2.61. The Hall–Kier alpha value is -3.12. The Kier molecular flexibility index (Phi) is 7.37. The highest BCUT2D eigenvalue weighted by Crippen LogP contribution is 2.27. The molecular formula is C27H31ClN4O2. The second-order valence-electron chi connectivity index (χ2n) is 9.55. The van der Waals surface area contributed by atoms with Crippen molar-refractivity contribution in [3.63, 3.8) is 0 Å². The highest BCUT2D eigenvalue weighted by molar-refractivity contribution is 6.33. The molecular weight excluding hydrogens is 448 g/mol. The molecule has 34 heavy (non-hydrogen) atoms. The molecule has 1 aliphatic heterocycles. The van der Waals surface area contributed by atoms with Crippen molar-refractivity contribution in [3.05, 3.63) is 76.9 Å². The molecule has 0 saturated carbocycles. The van der Waals surface area contributed by atoms with Crippen LogP contribution in [0, 0.1) is 5.41 Å². The van der Waals surface area contributed by atoms with E-state index in [0.717, 1.165) is 48.1 Å². The predicted molar refractivity (Wildman–Crippen MR) is 137 cm³/mol. The van der Waals surface area contributed by atoms with Gasteiger partial charge < -0.3 is 14.5 Å². The number of carbonyl (C=O) groups is 1. The van der Waals surface area contributed by atoms with Gasteiger partial charge in [0.15, 0.2) is 5.78 Å². The van der Waals surface area contributed by atoms with Crippen molar-refractivity contribution in [1.29, 1.82) is 0 Å². The van der Waals surface area contributed by atoms with Gasteiger partial charge in [-0.2, -0.15) is 4.98 Å². The Bertz CT molecular complexity index is 1120. The van der Waals surface area contributed by atoms with E-state index in [1.165, 1.54) is 0 Å². The van der Waals surface area contributed by atoms with E-state index in [0.29, 0.717) is 18.2 Å². The van der Waals surface area contributed by atoms with Gasteiger partial charge in [0.25, 0.3) is 0 Å². The van der Waals surface area contributed by atoms with Crippen LogP contribution in [0.2, 0.25) is 5.02 Å². The molecule has 1 aliphatic rings. The van der Waals surface area contributed by atoms with E-state index in [2.05, 4.69) is 26.9 Å². The van der Waals surface area contributed by atoms with E-state index < -0.39 is 5.41 Å². The van der Waals surface area contributed by atoms with Crippen LogP contribution in [0.1, 0.15) is 32.0 Å². The number of ether oxygens (including phenoxy) is 1. The maximum Gasteiger partial charge on any atom is 0.229 e. The summed E-state index contributed by atoms with van der Waals surface area (Å²) >= 11 is 6.40. The average molecular weight is 479 g/mol. The van der Waals surface area contributed by atoms with Crippen LogP contribution in [0.15, 0.2) is 60.7 Å². The number of para-hydroxylation sites is 1. The Balaban J connectivity index is 1.52. The fraction of sp³-hybridized carbons (Fsp3) is 0.370. The Morgan fingerprint density at radius 2 is 1.59 bits per heavy atom. The number of ketones is 1. The lowest BCUT2D eigenvalue weighted by molar-refractivity contribution is -0.128. The third-order valence-corrected chi connectivity index (χ3v) is 6.23. The van der Waals surface area contributed by atoms with Crippen LogP contribution in [0.25, 0.3) is 0 Å². The Morgan fingerprint density at radius 1 is 0.941 bits per heavy atom. The molecule has 0 unspecified atom stereocenters. The third kappa shape index (κ3) is 6.06. The molecule has 0 aliphatic carbocycles. The SMILES string of the molecule is CC(C)(C)C(=O)COc1cc(Cc2ccccc2)nc(N2CCN(c3ccccc3Cl)CC2)n1. The molecule has 2 heterocycles. The molecule has 0 N–H and O–H groups in total. The predicted octanol–water partition coefficient (Wildman–Crippen LogP) is 5.04. The van der Waals surface area contributed by atoms with Gasteiger partial charge >= 0.3 is 0 Å². The fourth-order valence-corrected chi connectivity index (χ4v) is 4.04. The van der Waals surface area contributed by atoms with Crippen molar-refractivity contribution in [3.8, 4) is 5.88 Å². The molecule has 0 bridgehead atoms. The number of halogens is 1. The lowest BCUT2D eigenvalue weighted by atomic mass is 9.91. The second-order valence-corrected chi connectivity index (χ2v) is 9.95. The molecule has 1 aromatic heterocycles. The maximum absolute atomic E-state index is 12.4. The number of nitrogens with zero attached hydrogens (tertiary/aromatic N) is 4. The van der Waals surface area contributed by atoms with E-state index in [4.69, 9.17) is 21.3 Å². The summed E-state index contributed by atoms with van der Waals surface area (Å²) in [7, 11) is 0. The number of rotatable bonds is 7. The van der Waals surface area contributed by atoms with Gasteiger partial charge in [-0.25, -0.2) is 4.98 Å². The van der Waals surface area contributed by atoms with E-state index in [9.17, 15) is 4.79 Å². The molecule has 0 atom stereocenters. The smallest absolute Gasteiger partial charge is 0.229 e. The number of hydrogen-bond acceptors (Lipinski definition) is 6. The lowest BCUT2D eigenvalue weighted by Gasteiger charge is -2.36. The van der Waals surface area contributed by atoms with E-state index in [1.54, 1.807) is 0 Å². The highest BCUT2D eigenvalue weighted by atomic mass is 35.5. The first-order valence-corrected chi connectivity index (χ1v) is 12.0. The number of benzene rings is 2. The van der Waals surface area contributed by atoms with Crippen molar-refractivity contribution >= 4 is 29.0 Å². The number of aromatic nitrogens is 2. The van der Waals surface area contributed by atoms with Crippen LogP contribution < -0.4 is 14.5 Å². The quantitative estimate of drug-likeness (QED) is 0.474. The first-order chi connectivity index (χ1) is 16.3. The Labute approximate surface area is 206 Å². The number of carbonyl (C=O) groups excluding carboxylic acids is 1. The topological polar surface area (TPSA) is 58.6 Å². The summed E-state index contributed by atoms with van der Waals surface area (Å²) in [5, 5.41) is 0.760. The first kappa shape index (κ1) is 24.0. The number of piperazine rings is 1. The van der Waals surface area contributed by atoms with Gasteiger partial charge in [0, 0.05) is 44.1 Å². The van der Waals surface area contributed by atoms with Crippen LogP contribution in [0.4, 0.5) is 11.6 Å². The molecule has 0 spiro atoms. The lowest BCUT2D eigenvalue weighted by Crippen LogP contribution is -2.47. The van der Waals surface area contributed by atoms with Gasteiger partial charge in [0.05, 0.1) is 16.4 Å². The zero-order chi connectivity index (χ0) is 24.1. The van der Waals surface area contributed by atoms with Crippen molar-refractivity contribution in [1.82, 2.24) is 9.97 Å². The van der Waals surface area contributed by atoms with Crippen LogP contribution in [-0.4, -0.2) is 48.5 Å². The normalized spacial score (nSPS) is 14.2. The molecule has 3 aromatic rings. The highest BCUT2D eigenvalue weighted by Gasteiger charge is 2.24. The summed E-state index contributed by atoms with van der Waals surface area (Å²) < 4.78 is 5.86. The minimum atomic E-state index is -0.461. The molecule has 6 nitrogen and oxygen atoms in total. The minimum absolute atomic E-state index is 0.00891. The summed E-state index contributed by atoms with van der Waals surface area (Å²) in [6, 6.07) is 19.9. The summed E-state index contributed by atoms with van der Waals surface area (Å²) in [6.45, 7) is 8.82. The maximum atomic E-state index is 12.4. The minimum Gasteiger partial charge on any atom is -0.470 e. The Morgan fingerprint density at radius 3 is 2.26 bits per heavy atom.